The molecule has 0 aliphatic carbocycles. The summed E-state index contributed by atoms with van der Waals surface area (Å²) >= 11 is 0. The van der Waals surface area contributed by atoms with Gasteiger partial charge in [0, 0.05) is 23.1 Å². The number of aromatic amines is 1. The second-order valence-corrected chi connectivity index (χ2v) is 6.33. The summed E-state index contributed by atoms with van der Waals surface area (Å²) in [4.78, 5) is 3.41. The van der Waals surface area contributed by atoms with Crippen LogP contribution in [0.1, 0.15) is 28.4 Å². The molecule has 0 saturated carbocycles. The average Bonchev–Trinajstić information content (AvgIpc) is 2.92. The Morgan fingerprint density at radius 2 is 1.92 bits per heavy atom. The lowest BCUT2D eigenvalue weighted by molar-refractivity contribution is -0.137. The number of hydrogen-bond acceptors (Lipinski definition) is 1. The van der Waals surface area contributed by atoms with Crippen molar-refractivity contribution in [2.24, 2.45) is 0 Å². The number of H-pyrrole nitrogens is 1. The van der Waals surface area contributed by atoms with Crippen LogP contribution in [0.4, 0.5) is 13.2 Å². The molecule has 122 valence electrons. The van der Waals surface area contributed by atoms with E-state index in [1.807, 2.05) is 20.0 Å². The topological polar surface area (TPSA) is 27.8 Å². The number of nitrogens with one attached hydrogen (secondary N) is 2. The fourth-order valence-corrected chi connectivity index (χ4v) is 3.52. The Morgan fingerprint density at radius 1 is 1.08 bits per heavy atom. The zero-order valence-corrected chi connectivity index (χ0v) is 13.2. The van der Waals surface area contributed by atoms with Gasteiger partial charge in [-0.1, -0.05) is 29.7 Å². The predicted octanol–water partition coefficient (Wildman–Crippen LogP) is 2.68. The molecule has 0 bridgehead atoms. The molecule has 0 fully saturated rings. The van der Waals surface area contributed by atoms with Crippen molar-refractivity contribution in [1.82, 2.24) is 10.3 Å². The van der Waals surface area contributed by atoms with Crippen LogP contribution in [0.15, 0.2) is 42.5 Å². The lowest BCUT2D eigenvalue weighted by Gasteiger charge is -2.25. The van der Waals surface area contributed by atoms with Crippen molar-refractivity contribution in [3.05, 3.63) is 64.8 Å². The summed E-state index contributed by atoms with van der Waals surface area (Å²) in [6, 6.07) is 11.5. The number of fused-ring (bicyclic) bond motifs is 3. The number of alkyl halides is 3. The SMILES string of the molecule is Bc1ccc2[nH]c3c(c2c1)CCNC3c1cccc(C(F)(F)F)c1. The number of rotatable bonds is 1. The Bertz CT molecular complexity index is 914. The molecule has 1 atom stereocenters. The zero-order chi connectivity index (χ0) is 16.9. The summed E-state index contributed by atoms with van der Waals surface area (Å²) in [6.45, 7) is 0.745. The largest absolute Gasteiger partial charge is 0.416 e. The van der Waals surface area contributed by atoms with Gasteiger partial charge in [0.05, 0.1) is 11.6 Å². The quantitative estimate of drug-likeness (QED) is 0.661. The maximum Gasteiger partial charge on any atom is 0.416 e. The molecule has 2 N–H and O–H groups in total. The summed E-state index contributed by atoms with van der Waals surface area (Å²) in [5.41, 5.74) is 4.41. The first kappa shape index (κ1) is 15.3. The molecule has 0 radical (unpaired) electrons. The Morgan fingerprint density at radius 3 is 2.71 bits per heavy atom. The lowest BCUT2D eigenvalue weighted by Crippen LogP contribution is -2.30. The van der Waals surface area contributed by atoms with E-state index < -0.39 is 11.7 Å². The van der Waals surface area contributed by atoms with E-state index in [0.29, 0.717) is 5.56 Å². The van der Waals surface area contributed by atoms with E-state index in [1.54, 1.807) is 6.07 Å². The van der Waals surface area contributed by atoms with Crippen LogP contribution in [0.3, 0.4) is 0 Å². The molecule has 24 heavy (non-hydrogen) atoms. The van der Waals surface area contributed by atoms with E-state index >= 15 is 0 Å². The second-order valence-electron chi connectivity index (χ2n) is 6.33. The van der Waals surface area contributed by atoms with Crippen LogP contribution in [0, 0.1) is 0 Å². The van der Waals surface area contributed by atoms with Crippen molar-refractivity contribution in [1.29, 1.82) is 0 Å². The minimum Gasteiger partial charge on any atom is -0.357 e. The summed E-state index contributed by atoms with van der Waals surface area (Å²) in [6.07, 6.45) is -3.46. The van der Waals surface area contributed by atoms with Gasteiger partial charge in [-0.15, -0.1) is 0 Å². The highest BCUT2D eigenvalue weighted by Crippen LogP contribution is 2.36. The molecule has 2 heterocycles. The highest BCUT2D eigenvalue weighted by molar-refractivity contribution is 6.33. The van der Waals surface area contributed by atoms with Gasteiger partial charge in [0.25, 0.3) is 0 Å². The van der Waals surface area contributed by atoms with Gasteiger partial charge in [-0.2, -0.15) is 13.2 Å². The third-order valence-corrected chi connectivity index (χ3v) is 4.65. The van der Waals surface area contributed by atoms with E-state index in [0.717, 1.165) is 30.2 Å². The zero-order valence-electron chi connectivity index (χ0n) is 13.2. The van der Waals surface area contributed by atoms with E-state index in [1.165, 1.54) is 28.5 Å². The molecule has 0 saturated heterocycles. The van der Waals surface area contributed by atoms with Gasteiger partial charge >= 0.3 is 6.18 Å². The van der Waals surface area contributed by atoms with Crippen molar-refractivity contribution in [3.63, 3.8) is 0 Å². The maximum atomic E-state index is 13.0. The van der Waals surface area contributed by atoms with Gasteiger partial charge in [0.2, 0.25) is 0 Å². The first-order valence-electron chi connectivity index (χ1n) is 7.95. The van der Waals surface area contributed by atoms with E-state index in [-0.39, 0.29) is 6.04 Å². The third kappa shape index (κ3) is 2.51. The van der Waals surface area contributed by atoms with Crippen molar-refractivity contribution in [2.75, 3.05) is 6.54 Å². The van der Waals surface area contributed by atoms with E-state index in [9.17, 15) is 13.2 Å². The molecule has 1 aliphatic rings. The number of aromatic nitrogens is 1. The van der Waals surface area contributed by atoms with Crippen molar-refractivity contribution in [3.8, 4) is 0 Å². The molecule has 6 heteroatoms. The molecule has 1 aliphatic heterocycles. The van der Waals surface area contributed by atoms with Gasteiger partial charge in [-0.05, 0) is 35.7 Å². The molecule has 2 aromatic carbocycles. The monoisotopic (exact) mass is 328 g/mol. The van der Waals surface area contributed by atoms with Gasteiger partial charge in [-0.3, -0.25) is 0 Å². The van der Waals surface area contributed by atoms with Crippen molar-refractivity contribution < 1.29 is 13.2 Å². The highest BCUT2D eigenvalue weighted by Gasteiger charge is 2.32. The fourth-order valence-electron chi connectivity index (χ4n) is 3.52. The van der Waals surface area contributed by atoms with Crippen LogP contribution in [-0.4, -0.2) is 19.4 Å². The molecule has 0 spiro atoms. The first-order chi connectivity index (χ1) is 11.4. The molecule has 2 nitrogen and oxygen atoms in total. The Kier molecular flexibility index (Phi) is 3.46. The van der Waals surface area contributed by atoms with Gasteiger partial charge in [0.15, 0.2) is 0 Å². The Hall–Kier alpha value is -2.21. The molecule has 1 aromatic heterocycles. The lowest BCUT2D eigenvalue weighted by atomic mass is 9.90. The van der Waals surface area contributed by atoms with Crippen LogP contribution in [0.2, 0.25) is 0 Å². The van der Waals surface area contributed by atoms with E-state index in [4.69, 9.17) is 0 Å². The van der Waals surface area contributed by atoms with Gasteiger partial charge < -0.3 is 10.3 Å². The second kappa shape index (κ2) is 5.41. The van der Waals surface area contributed by atoms with Crippen molar-refractivity contribution >= 4 is 24.2 Å². The third-order valence-electron chi connectivity index (χ3n) is 4.65. The minimum absolute atomic E-state index is 0.247. The molecular weight excluding hydrogens is 312 g/mol. The summed E-state index contributed by atoms with van der Waals surface area (Å²) in [5, 5.41) is 4.52. The molecule has 1 unspecified atom stereocenters. The first-order valence-corrected chi connectivity index (χ1v) is 7.95. The van der Waals surface area contributed by atoms with E-state index in [2.05, 4.69) is 16.4 Å². The predicted molar refractivity (Wildman–Crippen MR) is 91.5 cm³/mol. The maximum absolute atomic E-state index is 13.0. The Labute approximate surface area is 138 Å². The summed E-state index contributed by atoms with van der Waals surface area (Å²) in [5.74, 6) is 0. The summed E-state index contributed by atoms with van der Waals surface area (Å²) < 4.78 is 39.0. The average molecular weight is 328 g/mol. The molecular formula is C18H16BF3N2. The van der Waals surface area contributed by atoms with Crippen LogP contribution >= 0.6 is 0 Å². The van der Waals surface area contributed by atoms with Gasteiger partial charge in [-0.25, -0.2) is 0 Å². The summed E-state index contributed by atoms with van der Waals surface area (Å²) in [7, 11) is 2.05. The van der Waals surface area contributed by atoms with Crippen LogP contribution < -0.4 is 10.8 Å². The highest BCUT2D eigenvalue weighted by atomic mass is 19.4. The molecule has 3 aromatic rings. The number of halogens is 3. The van der Waals surface area contributed by atoms with Crippen LogP contribution in [-0.2, 0) is 12.6 Å². The smallest absolute Gasteiger partial charge is 0.357 e. The van der Waals surface area contributed by atoms with Crippen molar-refractivity contribution in [2.45, 2.75) is 18.6 Å². The Balaban J connectivity index is 1.84. The van der Waals surface area contributed by atoms with Crippen LogP contribution in [0.25, 0.3) is 10.9 Å². The minimum atomic E-state index is -4.33. The number of hydrogen-bond donors (Lipinski definition) is 2. The van der Waals surface area contributed by atoms with Crippen LogP contribution in [0.5, 0.6) is 0 Å². The van der Waals surface area contributed by atoms with Gasteiger partial charge in [0.1, 0.15) is 7.85 Å². The fraction of sp³-hybridized carbons (Fsp3) is 0.222. The standard InChI is InChI=1S/C18H16BF3N2/c19-12-4-5-15-14(9-12)13-6-7-23-16(17(13)24-15)10-2-1-3-11(8-10)18(20,21)22/h1-5,8-9,16,23-24H,6-7,19H2. The molecule has 4 rings (SSSR count). The number of benzene rings is 2. The molecule has 0 amide bonds. The normalized spacial score (nSPS) is 17.9.